The second kappa shape index (κ2) is 7.60. The standard InChI is InChI=1S/C21H19N3O4S/c22-13-14-6-5-9-16(12-14)29(26,27)24-20-19(23-15-7-1-2-8-15)17-10-3-4-11-18(17)28-21(20)25/h3-6,9-12,15,23-24H,1-2,7-8H2. The van der Waals surface area contributed by atoms with E-state index < -0.39 is 15.6 Å². The second-order valence-corrected chi connectivity index (χ2v) is 8.69. The van der Waals surface area contributed by atoms with Crippen LogP contribution in [0.4, 0.5) is 11.4 Å². The molecule has 29 heavy (non-hydrogen) atoms. The smallest absolute Gasteiger partial charge is 0.363 e. The van der Waals surface area contributed by atoms with Crippen LogP contribution in [0.25, 0.3) is 11.0 Å². The number of nitriles is 1. The van der Waals surface area contributed by atoms with Crippen LogP contribution in [0.15, 0.2) is 62.6 Å². The first-order chi connectivity index (χ1) is 14.0. The van der Waals surface area contributed by atoms with Crippen molar-refractivity contribution < 1.29 is 12.8 Å². The van der Waals surface area contributed by atoms with Gasteiger partial charge in [-0.2, -0.15) is 5.26 Å². The molecule has 0 amide bonds. The van der Waals surface area contributed by atoms with Gasteiger partial charge in [-0.3, -0.25) is 4.72 Å². The Kier molecular flexibility index (Phi) is 4.99. The van der Waals surface area contributed by atoms with Gasteiger partial charge >= 0.3 is 5.63 Å². The van der Waals surface area contributed by atoms with Gasteiger partial charge in [0.1, 0.15) is 5.58 Å². The number of nitrogens with zero attached hydrogens (tertiary/aromatic N) is 1. The summed E-state index contributed by atoms with van der Waals surface area (Å²) in [6.07, 6.45) is 4.06. The Hall–Kier alpha value is -3.31. The van der Waals surface area contributed by atoms with E-state index in [1.54, 1.807) is 24.3 Å². The van der Waals surface area contributed by atoms with E-state index in [-0.39, 0.29) is 22.2 Å². The lowest BCUT2D eigenvalue weighted by atomic mass is 10.1. The van der Waals surface area contributed by atoms with Gasteiger partial charge in [0.15, 0.2) is 5.69 Å². The lowest BCUT2D eigenvalue weighted by Crippen LogP contribution is -2.23. The molecule has 0 atom stereocenters. The molecule has 1 saturated carbocycles. The molecule has 1 heterocycles. The van der Waals surface area contributed by atoms with Gasteiger partial charge < -0.3 is 9.73 Å². The molecule has 3 aromatic rings. The van der Waals surface area contributed by atoms with Crippen molar-refractivity contribution in [1.82, 2.24) is 0 Å². The van der Waals surface area contributed by atoms with E-state index in [9.17, 15) is 13.2 Å². The van der Waals surface area contributed by atoms with Crippen molar-refractivity contribution in [3.05, 3.63) is 64.5 Å². The molecule has 1 fully saturated rings. The van der Waals surface area contributed by atoms with Crippen LogP contribution in [0.5, 0.6) is 0 Å². The fourth-order valence-electron chi connectivity index (χ4n) is 3.59. The third-order valence-electron chi connectivity index (χ3n) is 5.03. The molecule has 148 valence electrons. The van der Waals surface area contributed by atoms with Crippen molar-refractivity contribution in [2.45, 2.75) is 36.6 Å². The minimum atomic E-state index is -4.09. The van der Waals surface area contributed by atoms with Crippen LogP contribution in [0, 0.1) is 11.3 Å². The summed E-state index contributed by atoms with van der Waals surface area (Å²) in [5.41, 5.74) is 0.0843. The van der Waals surface area contributed by atoms with E-state index in [1.165, 1.54) is 24.3 Å². The normalized spacial score (nSPS) is 14.6. The van der Waals surface area contributed by atoms with Crippen molar-refractivity contribution in [3.63, 3.8) is 0 Å². The first kappa shape index (κ1) is 19.0. The zero-order chi connectivity index (χ0) is 20.4. The topological polar surface area (TPSA) is 112 Å². The Morgan fingerprint density at radius 2 is 1.79 bits per heavy atom. The molecule has 1 aliphatic carbocycles. The fraction of sp³-hybridized carbons (Fsp3) is 0.238. The Balaban J connectivity index is 1.83. The lowest BCUT2D eigenvalue weighted by Gasteiger charge is -2.19. The maximum atomic E-state index is 12.9. The number of anilines is 2. The van der Waals surface area contributed by atoms with Crippen molar-refractivity contribution in [2.75, 3.05) is 10.0 Å². The van der Waals surface area contributed by atoms with Crippen molar-refractivity contribution in [1.29, 1.82) is 5.26 Å². The number of hydrogen-bond donors (Lipinski definition) is 2. The van der Waals surface area contributed by atoms with Crippen molar-refractivity contribution in [2.24, 2.45) is 0 Å². The van der Waals surface area contributed by atoms with Crippen LogP contribution in [-0.2, 0) is 10.0 Å². The summed E-state index contributed by atoms with van der Waals surface area (Å²) in [5.74, 6) is 0. The van der Waals surface area contributed by atoms with Crippen LogP contribution < -0.4 is 15.7 Å². The summed E-state index contributed by atoms with van der Waals surface area (Å²) in [6, 6.07) is 14.7. The zero-order valence-electron chi connectivity index (χ0n) is 15.5. The SMILES string of the molecule is N#Cc1cccc(S(=O)(=O)Nc2c(NC3CCCC3)c3ccccc3oc2=O)c1. The summed E-state index contributed by atoms with van der Waals surface area (Å²) in [7, 11) is -4.09. The molecule has 0 aliphatic heterocycles. The predicted molar refractivity (Wildman–Crippen MR) is 110 cm³/mol. The first-order valence-electron chi connectivity index (χ1n) is 9.33. The van der Waals surface area contributed by atoms with Crippen LogP contribution in [0.1, 0.15) is 31.2 Å². The minimum Gasteiger partial charge on any atom is -0.421 e. The number of para-hydroxylation sites is 1. The minimum absolute atomic E-state index is 0.101. The van der Waals surface area contributed by atoms with Gasteiger partial charge in [-0.05, 0) is 43.2 Å². The van der Waals surface area contributed by atoms with Crippen molar-refractivity contribution in [3.8, 4) is 6.07 Å². The third-order valence-corrected chi connectivity index (χ3v) is 6.37. The molecule has 0 unspecified atom stereocenters. The fourth-order valence-corrected chi connectivity index (χ4v) is 4.70. The Labute approximate surface area is 168 Å². The number of rotatable bonds is 5. The highest BCUT2D eigenvalue weighted by Gasteiger charge is 2.24. The van der Waals surface area contributed by atoms with E-state index in [0.29, 0.717) is 16.7 Å². The highest BCUT2D eigenvalue weighted by molar-refractivity contribution is 7.92. The average Bonchev–Trinajstić information content (AvgIpc) is 3.24. The number of hydrogen-bond acceptors (Lipinski definition) is 6. The highest BCUT2D eigenvalue weighted by atomic mass is 32.2. The molecule has 1 aromatic heterocycles. The Bertz CT molecular complexity index is 1270. The summed E-state index contributed by atoms with van der Waals surface area (Å²) in [6.45, 7) is 0. The quantitative estimate of drug-likeness (QED) is 0.620. The predicted octanol–water partition coefficient (Wildman–Crippen LogP) is 3.82. The molecule has 2 N–H and O–H groups in total. The van der Waals surface area contributed by atoms with E-state index in [1.807, 2.05) is 6.07 Å². The summed E-state index contributed by atoms with van der Waals surface area (Å²) >= 11 is 0. The maximum Gasteiger partial charge on any atom is 0.363 e. The summed E-state index contributed by atoms with van der Waals surface area (Å²) in [5, 5.41) is 13.0. The number of fused-ring (bicyclic) bond motifs is 1. The zero-order valence-corrected chi connectivity index (χ0v) is 16.3. The highest BCUT2D eigenvalue weighted by Crippen LogP contribution is 2.33. The van der Waals surface area contributed by atoms with Gasteiger partial charge in [-0.15, -0.1) is 0 Å². The van der Waals surface area contributed by atoms with E-state index >= 15 is 0 Å². The van der Waals surface area contributed by atoms with Gasteiger partial charge in [0.05, 0.1) is 22.2 Å². The molecule has 4 rings (SSSR count). The maximum absolute atomic E-state index is 12.9. The number of nitrogens with one attached hydrogen (secondary N) is 2. The van der Waals surface area contributed by atoms with E-state index in [4.69, 9.17) is 9.68 Å². The van der Waals surface area contributed by atoms with Crippen molar-refractivity contribution >= 4 is 32.4 Å². The second-order valence-electron chi connectivity index (χ2n) is 7.01. The molecular formula is C21H19N3O4S. The molecule has 8 heteroatoms. The van der Waals surface area contributed by atoms with E-state index in [0.717, 1.165) is 25.7 Å². The third kappa shape index (κ3) is 3.82. The van der Waals surface area contributed by atoms with Crippen LogP contribution >= 0.6 is 0 Å². The molecule has 0 radical (unpaired) electrons. The Morgan fingerprint density at radius 3 is 2.55 bits per heavy atom. The molecule has 0 spiro atoms. The summed E-state index contributed by atoms with van der Waals surface area (Å²) < 4.78 is 33.6. The molecular weight excluding hydrogens is 390 g/mol. The largest absolute Gasteiger partial charge is 0.421 e. The van der Waals surface area contributed by atoms with Gasteiger partial charge in [0, 0.05) is 11.4 Å². The molecule has 1 aliphatic rings. The van der Waals surface area contributed by atoms with Crippen LogP contribution in [0.2, 0.25) is 0 Å². The van der Waals surface area contributed by atoms with Gasteiger partial charge in [0.25, 0.3) is 10.0 Å². The monoisotopic (exact) mass is 409 g/mol. The van der Waals surface area contributed by atoms with E-state index in [2.05, 4.69) is 10.0 Å². The van der Waals surface area contributed by atoms with Crippen LogP contribution in [-0.4, -0.2) is 14.5 Å². The van der Waals surface area contributed by atoms with Crippen LogP contribution in [0.3, 0.4) is 0 Å². The molecule has 2 aromatic carbocycles. The average molecular weight is 409 g/mol. The molecule has 0 saturated heterocycles. The molecule has 0 bridgehead atoms. The summed E-state index contributed by atoms with van der Waals surface area (Å²) in [4.78, 5) is 12.6. The van der Waals surface area contributed by atoms with Gasteiger partial charge in [-0.1, -0.05) is 31.0 Å². The Morgan fingerprint density at radius 1 is 1.03 bits per heavy atom. The lowest BCUT2D eigenvalue weighted by molar-refractivity contribution is 0.562. The van der Waals surface area contributed by atoms with Gasteiger partial charge in [-0.25, -0.2) is 13.2 Å². The first-order valence-corrected chi connectivity index (χ1v) is 10.8. The number of sulfonamides is 1. The number of benzene rings is 2. The van der Waals surface area contributed by atoms with Gasteiger partial charge in [0.2, 0.25) is 0 Å². The molecule has 7 nitrogen and oxygen atoms in total.